The van der Waals surface area contributed by atoms with Gasteiger partial charge in [-0.2, -0.15) is 0 Å². The topological polar surface area (TPSA) is 77.5 Å². The molecule has 1 saturated carbocycles. The van der Waals surface area contributed by atoms with Gasteiger partial charge in [0.15, 0.2) is 11.6 Å². The van der Waals surface area contributed by atoms with Crippen LogP contribution in [0.1, 0.15) is 19.3 Å². The predicted molar refractivity (Wildman–Crippen MR) is 108 cm³/mol. The van der Waals surface area contributed by atoms with Gasteiger partial charge in [-0.05, 0) is 49.6 Å². The van der Waals surface area contributed by atoms with Crippen LogP contribution < -0.4 is 9.46 Å². The zero-order valence-electron chi connectivity index (χ0n) is 15.7. The number of nitrogens with zero attached hydrogens (tertiary/aromatic N) is 1. The van der Waals surface area contributed by atoms with Crippen molar-refractivity contribution in [2.24, 2.45) is 5.92 Å². The molecule has 0 unspecified atom stereocenters. The van der Waals surface area contributed by atoms with Crippen molar-refractivity contribution in [3.63, 3.8) is 0 Å². The fourth-order valence-corrected chi connectivity index (χ4v) is 5.12. The number of ether oxygens (including phenoxy) is 2. The number of hydrogen-bond acceptors (Lipinski definition) is 5. The van der Waals surface area contributed by atoms with Crippen molar-refractivity contribution in [1.82, 2.24) is 9.71 Å². The van der Waals surface area contributed by atoms with Crippen LogP contribution in [0.5, 0.6) is 5.75 Å². The fourth-order valence-electron chi connectivity index (χ4n) is 3.32. The molecule has 0 amide bonds. The number of pyridine rings is 1. The van der Waals surface area contributed by atoms with Crippen molar-refractivity contribution < 1.29 is 22.3 Å². The first-order chi connectivity index (χ1) is 13.9. The molecule has 1 aromatic carbocycles. The molecule has 1 N–H and O–H groups in total. The Labute approximate surface area is 174 Å². The maximum Gasteiger partial charge on any atom is 0.214 e. The van der Waals surface area contributed by atoms with Crippen LogP contribution in [0.15, 0.2) is 36.5 Å². The highest BCUT2D eigenvalue weighted by Gasteiger charge is 2.39. The lowest BCUT2D eigenvalue weighted by molar-refractivity contribution is 0.0180. The van der Waals surface area contributed by atoms with E-state index < -0.39 is 15.8 Å². The van der Waals surface area contributed by atoms with Crippen molar-refractivity contribution in [3.05, 3.63) is 47.4 Å². The average Bonchev–Trinajstić information content (AvgIpc) is 3.54. The zero-order valence-corrected chi connectivity index (χ0v) is 17.3. The Bertz CT molecular complexity index is 967. The molecule has 0 spiro atoms. The molecule has 1 aliphatic carbocycles. The second-order valence-corrected chi connectivity index (χ2v) is 9.84. The van der Waals surface area contributed by atoms with Crippen molar-refractivity contribution in [1.29, 1.82) is 0 Å². The van der Waals surface area contributed by atoms with Crippen LogP contribution >= 0.6 is 11.6 Å². The second kappa shape index (κ2) is 8.55. The Balaban J connectivity index is 1.41. The van der Waals surface area contributed by atoms with E-state index in [-0.39, 0.29) is 29.6 Å². The Morgan fingerprint density at radius 3 is 2.76 bits per heavy atom. The first kappa shape index (κ1) is 20.5. The molecule has 2 aromatic rings. The Kier molecular flexibility index (Phi) is 6.06. The first-order valence-electron chi connectivity index (χ1n) is 9.55. The smallest absolute Gasteiger partial charge is 0.214 e. The molecule has 1 aliphatic heterocycles. The van der Waals surface area contributed by atoms with Gasteiger partial charge in [0.2, 0.25) is 10.0 Å². The SMILES string of the molecule is O=S(=O)(N[C@H]1CCOC[C@H]1COc1ccc(-c2ccc(Cl)cn2)cc1F)C1CC1. The van der Waals surface area contributed by atoms with Crippen molar-refractivity contribution in [2.45, 2.75) is 30.6 Å². The van der Waals surface area contributed by atoms with Crippen LogP contribution in [-0.4, -0.2) is 44.5 Å². The van der Waals surface area contributed by atoms with Crippen LogP contribution in [0.4, 0.5) is 4.39 Å². The molecule has 2 heterocycles. The molecule has 9 heteroatoms. The van der Waals surface area contributed by atoms with Gasteiger partial charge in [0.25, 0.3) is 0 Å². The standard InChI is InChI=1S/C20H22ClFN2O4S/c21-15-2-5-18(23-10-15)13-1-6-20(17(22)9-13)28-12-14-11-27-8-7-19(14)24-29(25,26)16-3-4-16/h1-2,5-6,9-10,14,16,19,24H,3-4,7-8,11-12H2/t14-,19-/m0/s1. The van der Waals surface area contributed by atoms with E-state index in [4.69, 9.17) is 21.1 Å². The Morgan fingerprint density at radius 1 is 1.24 bits per heavy atom. The average molecular weight is 441 g/mol. The van der Waals surface area contributed by atoms with E-state index in [9.17, 15) is 12.8 Å². The highest BCUT2D eigenvalue weighted by atomic mass is 35.5. The van der Waals surface area contributed by atoms with Gasteiger partial charge in [-0.1, -0.05) is 11.6 Å². The van der Waals surface area contributed by atoms with Gasteiger partial charge >= 0.3 is 0 Å². The third-order valence-electron chi connectivity index (χ3n) is 5.16. The maximum absolute atomic E-state index is 14.5. The summed E-state index contributed by atoms with van der Waals surface area (Å²) in [5.74, 6) is -0.586. The zero-order chi connectivity index (χ0) is 20.4. The minimum absolute atomic E-state index is 0.108. The number of hydrogen-bond donors (Lipinski definition) is 1. The Morgan fingerprint density at radius 2 is 2.07 bits per heavy atom. The van der Waals surface area contributed by atoms with E-state index in [2.05, 4.69) is 9.71 Å². The highest BCUT2D eigenvalue weighted by molar-refractivity contribution is 7.90. The van der Waals surface area contributed by atoms with E-state index in [1.807, 2.05) is 0 Å². The van der Waals surface area contributed by atoms with Crippen molar-refractivity contribution in [3.8, 4) is 17.0 Å². The lowest BCUT2D eigenvalue weighted by atomic mass is 9.98. The minimum Gasteiger partial charge on any atom is -0.490 e. The lowest BCUT2D eigenvalue weighted by Crippen LogP contribution is -2.48. The molecule has 2 aliphatic rings. The van der Waals surface area contributed by atoms with Gasteiger partial charge in [-0.15, -0.1) is 0 Å². The van der Waals surface area contributed by atoms with Crippen LogP contribution in [0.2, 0.25) is 5.02 Å². The Hall–Kier alpha value is -1.74. The molecule has 2 atom stereocenters. The number of benzene rings is 1. The summed E-state index contributed by atoms with van der Waals surface area (Å²) in [5.41, 5.74) is 1.22. The van der Waals surface area contributed by atoms with Crippen LogP contribution in [0.25, 0.3) is 11.3 Å². The lowest BCUT2D eigenvalue weighted by Gasteiger charge is -2.31. The summed E-state index contributed by atoms with van der Waals surface area (Å²) >= 11 is 5.83. The third kappa shape index (κ3) is 5.06. The number of aromatic nitrogens is 1. The van der Waals surface area contributed by atoms with E-state index in [1.165, 1.54) is 12.3 Å². The van der Waals surface area contributed by atoms with E-state index in [0.717, 1.165) is 0 Å². The summed E-state index contributed by atoms with van der Waals surface area (Å²) in [5, 5.41) is 0.231. The minimum atomic E-state index is -3.30. The van der Waals surface area contributed by atoms with Crippen LogP contribution in [-0.2, 0) is 14.8 Å². The molecule has 156 valence electrons. The summed E-state index contributed by atoms with van der Waals surface area (Å²) in [6.07, 6.45) is 3.49. The van der Waals surface area contributed by atoms with Gasteiger partial charge in [0.1, 0.15) is 0 Å². The molecule has 1 aromatic heterocycles. The predicted octanol–water partition coefficient (Wildman–Crippen LogP) is 3.41. The monoisotopic (exact) mass is 440 g/mol. The molecule has 0 bridgehead atoms. The molecular weight excluding hydrogens is 419 g/mol. The second-order valence-electron chi connectivity index (χ2n) is 7.41. The van der Waals surface area contributed by atoms with Crippen molar-refractivity contribution >= 4 is 21.6 Å². The molecule has 2 fully saturated rings. The molecular formula is C20H22ClFN2O4S. The number of rotatable bonds is 7. The molecule has 6 nitrogen and oxygen atoms in total. The molecule has 1 saturated heterocycles. The number of halogens is 2. The van der Waals surface area contributed by atoms with Crippen LogP contribution in [0, 0.1) is 11.7 Å². The highest BCUT2D eigenvalue weighted by Crippen LogP contribution is 2.30. The molecule has 4 rings (SSSR count). The van der Waals surface area contributed by atoms with E-state index >= 15 is 0 Å². The quantitative estimate of drug-likeness (QED) is 0.714. The summed E-state index contributed by atoms with van der Waals surface area (Å²) in [6.45, 7) is 1.02. The van der Waals surface area contributed by atoms with Gasteiger partial charge in [0, 0.05) is 30.3 Å². The summed E-state index contributed by atoms with van der Waals surface area (Å²) in [7, 11) is -3.30. The van der Waals surface area contributed by atoms with Gasteiger partial charge < -0.3 is 9.47 Å². The first-order valence-corrected chi connectivity index (χ1v) is 11.5. The maximum atomic E-state index is 14.5. The molecule has 0 radical (unpaired) electrons. The third-order valence-corrected chi connectivity index (χ3v) is 7.36. The van der Waals surface area contributed by atoms with Crippen molar-refractivity contribution in [2.75, 3.05) is 19.8 Å². The van der Waals surface area contributed by atoms with Gasteiger partial charge in [0.05, 0.1) is 29.2 Å². The van der Waals surface area contributed by atoms with Crippen LogP contribution in [0.3, 0.4) is 0 Å². The van der Waals surface area contributed by atoms with Gasteiger partial charge in [-0.3, -0.25) is 4.98 Å². The van der Waals surface area contributed by atoms with E-state index in [0.29, 0.717) is 48.8 Å². The molecule has 29 heavy (non-hydrogen) atoms. The largest absolute Gasteiger partial charge is 0.490 e. The summed E-state index contributed by atoms with van der Waals surface area (Å²) in [6, 6.07) is 7.77. The normalized spacial score (nSPS) is 22.4. The number of nitrogens with one attached hydrogen (secondary N) is 1. The number of sulfonamides is 1. The fraction of sp³-hybridized carbons (Fsp3) is 0.450. The van der Waals surface area contributed by atoms with Gasteiger partial charge in [-0.25, -0.2) is 17.5 Å². The summed E-state index contributed by atoms with van der Waals surface area (Å²) in [4.78, 5) is 4.18. The van der Waals surface area contributed by atoms with E-state index in [1.54, 1.807) is 24.3 Å². The summed E-state index contributed by atoms with van der Waals surface area (Å²) < 4.78 is 53.0.